The van der Waals surface area contributed by atoms with Crippen LogP contribution in [0.4, 0.5) is 5.69 Å². The van der Waals surface area contributed by atoms with Crippen molar-refractivity contribution in [2.45, 2.75) is 24.7 Å². The molecule has 1 aliphatic heterocycles. The Kier molecular flexibility index (Phi) is 3.53. The number of imide groups is 1. The summed E-state index contributed by atoms with van der Waals surface area (Å²) in [5, 5.41) is 9.21. The average Bonchev–Trinajstić information content (AvgIpc) is 3.08. The molecule has 1 saturated heterocycles. The van der Waals surface area contributed by atoms with Crippen molar-refractivity contribution in [3.8, 4) is 0 Å². The molecule has 0 radical (unpaired) electrons. The van der Waals surface area contributed by atoms with Crippen molar-refractivity contribution >= 4 is 23.5 Å². The molecule has 158 valence electrons. The van der Waals surface area contributed by atoms with Crippen molar-refractivity contribution in [3.63, 3.8) is 0 Å². The number of carbonyl (C=O) groups excluding carboxylic acids is 2. The lowest BCUT2D eigenvalue weighted by Crippen LogP contribution is -2.59. The number of hydrogen-bond acceptors (Lipinski definition) is 3. The van der Waals surface area contributed by atoms with Crippen LogP contribution in [-0.2, 0) is 20.4 Å². The standard InChI is InChI=1S/C27H21NO4/c1-26-17-7-3-5-9-19(17)27(2,20-10-6-4-8-18(20)26)22-21(26)23(29)28(24(22)30)16-13-11-15(12-14-16)25(31)32/h3-14,21-22H,1-2H3,(H,31,32)/t21-,22-,26?,27?/m0/s1. The topological polar surface area (TPSA) is 74.7 Å². The van der Waals surface area contributed by atoms with Gasteiger partial charge in [0.25, 0.3) is 0 Å². The molecule has 2 bridgehead atoms. The summed E-state index contributed by atoms with van der Waals surface area (Å²) in [5.41, 5.74) is 3.69. The van der Waals surface area contributed by atoms with E-state index in [1.54, 1.807) is 12.1 Å². The zero-order valence-corrected chi connectivity index (χ0v) is 17.7. The Morgan fingerprint density at radius 3 is 1.44 bits per heavy atom. The second-order valence-electron chi connectivity index (χ2n) is 9.32. The normalized spacial score (nSPS) is 29.5. The molecule has 7 rings (SSSR count). The maximum atomic E-state index is 13.9. The highest BCUT2D eigenvalue weighted by molar-refractivity contribution is 6.24. The number of carbonyl (C=O) groups is 3. The molecule has 2 amide bonds. The van der Waals surface area contributed by atoms with Gasteiger partial charge in [0.05, 0.1) is 23.1 Å². The molecule has 5 heteroatoms. The van der Waals surface area contributed by atoms with Gasteiger partial charge < -0.3 is 5.11 Å². The van der Waals surface area contributed by atoms with E-state index in [9.17, 15) is 19.5 Å². The smallest absolute Gasteiger partial charge is 0.335 e. The third kappa shape index (κ3) is 1.97. The molecule has 1 heterocycles. The van der Waals surface area contributed by atoms with Crippen LogP contribution in [-0.4, -0.2) is 22.9 Å². The fourth-order valence-electron chi connectivity index (χ4n) is 6.58. The van der Waals surface area contributed by atoms with Crippen LogP contribution in [0.5, 0.6) is 0 Å². The summed E-state index contributed by atoms with van der Waals surface area (Å²) < 4.78 is 0. The Labute approximate surface area is 185 Å². The molecular weight excluding hydrogens is 402 g/mol. The molecule has 4 aliphatic rings. The molecule has 1 fully saturated rings. The number of hydrogen-bond donors (Lipinski definition) is 1. The van der Waals surface area contributed by atoms with Gasteiger partial charge in [0.1, 0.15) is 0 Å². The van der Waals surface area contributed by atoms with Gasteiger partial charge in [-0.05, 0) is 46.5 Å². The largest absolute Gasteiger partial charge is 0.478 e. The third-order valence-corrected chi connectivity index (χ3v) is 8.01. The quantitative estimate of drug-likeness (QED) is 0.629. The van der Waals surface area contributed by atoms with Gasteiger partial charge in [0.15, 0.2) is 0 Å². The van der Waals surface area contributed by atoms with Crippen LogP contribution < -0.4 is 4.90 Å². The Morgan fingerprint density at radius 1 is 0.719 bits per heavy atom. The van der Waals surface area contributed by atoms with Crippen molar-refractivity contribution in [1.29, 1.82) is 0 Å². The van der Waals surface area contributed by atoms with E-state index < -0.39 is 28.6 Å². The molecular formula is C27H21NO4. The SMILES string of the molecule is CC12c3ccccc3C(C)(c3ccccc31)[C@@H]1C(=O)N(c3ccc(C(=O)O)cc3)C(=O)[C@H]12. The van der Waals surface area contributed by atoms with Crippen molar-refractivity contribution in [1.82, 2.24) is 0 Å². The van der Waals surface area contributed by atoms with Gasteiger partial charge in [-0.25, -0.2) is 9.69 Å². The Hall–Kier alpha value is -3.73. The van der Waals surface area contributed by atoms with E-state index in [2.05, 4.69) is 38.1 Å². The highest BCUT2D eigenvalue weighted by Gasteiger charge is 2.70. The Morgan fingerprint density at radius 2 is 1.09 bits per heavy atom. The van der Waals surface area contributed by atoms with Gasteiger partial charge in [-0.15, -0.1) is 0 Å². The van der Waals surface area contributed by atoms with Crippen LogP contribution in [0.15, 0.2) is 72.8 Å². The van der Waals surface area contributed by atoms with Gasteiger partial charge in [-0.3, -0.25) is 9.59 Å². The monoisotopic (exact) mass is 423 g/mol. The molecule has 0 saturated carbocycles. The van der Waals surface area contributed by atoms with Crippen molar-refractivity contribution in [3.05, 3.63) is 101 Å². The highest BCUT2D eigenvalue weighted by atomic mass is 16.4. The van der Waals surface area contributed by atoms with Gasteiger partial charge >= 0.3 is 5.97 Å². The summed E-state index contributed by atoms with van der Waals surface area (Å²) in [6.45, 7) is 4.17. The minimum Gasteiger partial charge on any atom is -0.478 e. The van der Waals surface area contributed by atoms with E-state index >= 15 is 0 Å². The molecule has 0 spiro atoms. The lowest BCUT2D eigenvalue weighted by Gasteiger charge is -2.57. The number of amides is 2. The predicted octanol–water partition coefficient (Wildman–Crippen LogP) is 4.13. The van der Waals surface area contributed by atoms with Gasteiger partial charge in [-0.1, -0.05) is 62.4 Å². The molecule has 2 atom stereocenters. The van der Waals surface area contributed by atoms with Crippen molar-refractivity contribution in [2.75, 3.05) is 4.90 Å². The first kappa shape index (κ1) is 19.0. The number of rotatable bonds is 2. The van der Waals surface area contributed by atoms with Crippen LogP contribution in [0.1, 0.15) is 46.5 Å². The molecule has 1 N–H and O–H groups in total. The molecule has 5 nitrogen and oxygen atoms in total. The zero-order chi connectivity index (χ0) is 22.4. The maximum absolute atomic E-state index is 13.9. The van der Waals surface area contributed by atoms with Gasteiger partial charge in [-0.2, -0.15) is 0 Å². The van der Waals surface area contributed by atoms with Crippen molar-refractivity contribution < 1.29 is 19.5 Å². The molecule has 32 heavy (non-hydrogen) atoms. The summed E-state index contributed by atoms with van der Waals surface area (Å²) in [6, 6.07) is 22.3. The fraction of sp³-hybridized carbons (Fsp3) is 0.222. The first-order chi connectivity index (χ1) is 15.3. The lowest BCUT2D eigenvalue weighted by molar-refractivity contribution is -0.124. The number of carboxylic acids is 1. The Bertz CT molecular complexity index is 1220. The van der Waals surface area contributed by atoms with Crippen LogP contribution in [0.25, 0.3) is 0 Å². The molecule has 0 unspecified atom stereocenters. The number of aromatic carboxylic acids is 1. The van der Waals surface area contributed by atoms with Gasteiger partial charge in [0, 0.05) is 10.8 Å². The van der Waals surface area contributed by atoms with Crippen LogP contribution in [0.3, 0.4) is 0 Å². The van der Waals surface area contributed by atoms with E-state index in [0.717, 1.165) is 22.3 Å². The number of nitrogens with zero attached hydrogens (tertiary/aromatic N) is 1. The zero-order valence-electron chi connectivity index (χ0n) is 17.7. The Balaban J connectivity index is 1.60. The summed E-state index contributed by atoms with van der Waals surface area (Å²) >= 11 is 0. The average molecular weight is 423 g/mol. The van der Waals surface area contributed by atoms with E-state index in [-0.39, 0.29) is 17.4 Å². The molecule has 3 aromatic rings. The summed E-state index contributed by atoms with van der Waals surface area (Å²) in [7, 11) is 0. The van der Waals surface area contributed by atoms with E-state index in [1.807, 2.05) is 24.3 Å². The van der Waals surface area contributed by atoms with Gasteiger partial charge in [0.2, 0.25) is 11.8 Å². The minimum atomic E-state index is -1.05. The number of anilines is 1. The first-order valence-corrected chi connectivity index (χ1v) is 10.7. The minimum absolute atomic E-state index is 0.115. The van der Waals surface area contributed by atoms with Crippen LogP contribution >= 0.6 is 0 Å². The van der Waals surface area contributed by atoms with Crippen LogP contribution in [0, 0.1) is 11.8 Å². The summed E-state index contributed by atoms with van der Waals surface area (Å²) in [5.74, 6) is -2.54. The molecule has 3 aromatic carbocycles. The molecule has 0 aromatic heterocycles. The number of benzene rings is 3. The first-order valence-electron chi connectivity index (χ1n) is 10.7. The second kappa shape index (κ2) is 5.94. The fourth-order valence-corrected chi connectivity index (χ4v) is 6.58. The van der Waals surface area contributed by atoms with E-state index in [1.165, 1.54) is 17.0 Å². The summed E-state index contributed by atoms with van der Waals surface area (Å²) in [4.78, 5) is 40.4. The van der Waals surface area contributed by atoms with E-state index in [0.29, 0.717) is 5.69 Å². The number of carboxylic acid groups (broad SMARTS) is 1. The molecule has 3 aliphatic carbocycles. The van der Waals surface area contributed by atoms with E-state index in [4.69, 9.17) is 0 Å². The van der Waals surface area contributed by atoms with Crippen LogP contribution in [0.2, 0.25) is 0 Å². The summed E-state index contributed by atoms with van der Waals surface area (Å²) in [6.07, 6.45) is 0. The lowest BCUT2D eigenvalue weighted by atomic mass is 9.42. The highest BCUT2D eigenvalue weighted by Crippen LogP contribution is 2.66. The second-order valence-corrected chi connectivity index (χ2v) is 9.32. The third-order valence-electron chi connectivity index (χ3n) is 8.01. The predicted molar refractivity (Wildman–Crippen MR) is 119 cm³/mol. The maximum Gasteiger partial charge on any atom is 0.335 e. The van der Waals surface area contributed by atoms with Crippen molar-refractivity contribution in [2.24, 2.45) is 11.8 Å².